The van der Waals surface area contributed by atoms with E-state index >= 15 is 0 Å². The smallest absolute Gasteiger partial charge is 0.338 e. The molecule has 0 bridgehead atoms. The third-order valence-corrected chi connectivity index (χ3v) is 3.00. The van der Waals surface area contributed by atoms with Gasteiger partial charge in [-0.1, -0.05) is 18.2 Å². The molecule has 0 unspecified atom stereocenters. The van der Waals surface area contributed by atoms with Crippen LogP contribution < -0.4 is 4.90 Å². The number of halogens is 1. The van der Waals surface area contributed by atoms with E-state index in [-0.39, 0.29) is 5.69 Å². The maximum absolute atomic E-state index is 13.6. The topological polar surface area (TPSA) is 83.7 Å². The minimum absolute atomic E-state index is 0.00463. The lowest BCUT2D eigenvalue weighted by Crippen LogP contribution is -2.13. The van der Waals surface area contributed by atoms with Crippen molar-refractivity contribution in [2.24, 2.45) is 0 Å². The summed E-state index contributed by atoms with van der Waals surface area (Å²) in [6.45, 7) is 0. The van der Waals surface area contributed by atoms with Gasteiger partial charge in [0.2, 0.25) is 0 Å². The first-order chi connectivity index (χ1) is 9.91. The van der Waals surface area contributed by atoms with Gasteiger partial charge in [0.15, 0.2) is 0 Å². The van der Waals surface area contributed by atoms with Gasteiger partial charge in [0, 0.05) is 12.7 Å². The summed E-state index contributed by atoms with van der Waals surface area (Å²) in [5.41, 5.74) is -0.490. The van der Waals surface area contributed by atoms with Crippen molar-refractivity contribution >= 4 is 23.0 Å². The zero-order valence-electron chi connectivity index (χ0n) is 11.0. The van der Waals surface area contributed by atoms with Gasteiger partial charge in [-0.3, -0.25) is 10.1 Å². The van der Waals surface area contributed by atoms with Crippen LogP contribution in [-0.2, 0) is 0 Å². The normalized spacial score (nSPS) is 10.2. The molecule has 0 fully saturated rings. The average molecular weight is 290 g/mol. The first kappa shape index (κ1) is 14.4. The van der Waals surface area contributed by atoms with Crippen LogP contribution in [0.4, 0.5) is 21.5 Å². The van der Waals surface area contributed by atoms with Crippen LogP contribution in [0.5, 0.6) is 0 Å². The molecule has 0 saturated carbocycles. The summed E-state index contributed by atoms with van der Waals surface area (Å²) in [5, 5.41) is 20.0. The molecular weight excluding hydrogens is 279 g/mol. The van der Waals surface area contributed by atoms with Crippen LogP contribution in [-0.4, -0.2) is 23.0 Å². The van der Waals surface area contributed by atoms with Gasteiger partial charge in [-0.25, -0.2) is 9.18 Å². The summed E-state index contributed by atoms with van der Waals surface area (Å²) in [4.78, 5) is 22.7. The van der Waals surface area contributed by atoms with Crippen LogP contribution >= 0.6 is 0 Å². The zero-order chi connectivity index (χ0) is 15.6. The number of carboxylic acids is 1. The summed E-state index contributed by atoms with van der Waals surface area (Å²) in [6.07, 6.45) is 0. The number of anilines is 2. The van der Waals surface area contributed by atoms with E-state index < -0.39 is 28.0 Å². The van der Waals surface area contributed by atoms with Crippen molar-refractivity contribution < 1.29 is 19.2 Å². The fourth-order valence-corrected chi connectivity index (χ4v) is 1.92. The second kappa shape index (κ2) is 5.58. The number of nitrogens with zero attached hydrogens (tertiary/aromatic N) is 2. The quantitative estimate of drug-likeness (QED) is 0.690. The molecule has 0 aliphatic heterocycles. The molecule has 0 amide bonds. The summed E-state index contributed by atoms with van der Waals surface area (Å²) in [7, 11) is 1.54. The van der Waals surface area contributed by atoms with E-state index in [1.807, 2.05) is 0 Å². The Kier molecular flexibility index (Phi) is 3.84. The van der Waals surface area contributed by atoms with Crippen molar-refractivity contribution in [3.63, 3.8) is 0 Å². The number of hydrogen-bond acceptors (Lipinski definition) is 4. The summed E-state index contributed by atoms with van der Waals surface area (Å²) in [5.74, 6) is -2.62. The molecule has 0 atom stereocenters. The fraction of sp³-hybridized carbons (Fsp3) is 0.0714. The number of carbonyl (C=O) groups is 1. The molecular formula is C14H11FN2O4. The molecule has 0 aliphatic carbocycles. The first-order valence-electron chi connectivity index (χ1n) is 5.92. The fourth-order valence-electron chi connectivity index (χ4n) is 1.92. The van der Waals surface area contributed by atoms with E-state index in [1.165, 1.54) is 4.90 Å². The number of aromatic carboxylic acids is 1. The monoisotopic (exact) mass is 290 g/mol. The molecule has 0 spiro atoms. The van der Waals surface area contributed by atoms with E-state index in [0.29, 0.717) is 11.8 Å². The Bertz CT molecular complexity index is 704. The molecule has 1 N–H and O–H groups in total. The van der Waals surface area contributed by atoms with E-state index in [4.69, 9.17) is 5.11 Å². The summed E-state index contributed by atoms with van der Waals surface area (Å²) in [6, 6.07) is 10.2. The number of carboxylic acid groups (broad SMARTS) is 1. The van der Waals surface area contributed by atoms with Gasteiger partial charge in [-0.2, -0.15) is 0 Å². The highest BCUT2D eigenvalue weighted by Gasteiger charge is 2.24. The minimum Gasteiger partial charge on any atom is -0.478 e. The largest absolute Gasteiger partial charge is 0.478 e. The van der Waals surface area contributed by atoms with Crippen LogP contribution in [0.25, 0.3) is 0 Å². The Morgan fingerprint density at radius 2 is 1.90 bits per heavy atom. The standard InChI is InChI=1S/C14H11FN2O4/c1-16(9-5-3-2-4-6-9)12-7-10(14(18)19)11(15)8-13(12)17(20)21/h2-8H,1H3,(H,18,19). The average Bonchev–Trinajstić information content (AvgIpc) is 2.46. The first-order valence-corrected chi connectivity index (χ1v) is 5.92. The number of benzene rings is 2. The highest BCUT2D eigenvalue weighted by Crippen LogP contribution is 2.34. The minimum atomic E-state index is -1.48. The van der Waals surface area contributed by atoms with E-state index in [2.05, 4.69) is 0 Å². The van der Waals surface area contributed by atoms with Gasteiger partial charge < -0.3 is 10.0 Å². The van der Waals surface area contributed by atoms with Crippen molar-refractivity contribution in [3.8, 4) is 0 Å². The van der Waals surface area contributed by atoms with Crippen molar-refractivity contribution in [3.05, 3.63) is 64.0 Å². The molecule has 0 radical (unpaired) electrons. The Hall–Kier alpha value is -2.96. The number of nitro groups is 1. The number of nitro benzene ring substituents is 1. The van der Waals surface area contributed by atoms with Crippen LogP contribution in [0.3, 0.4) is 0 Å². The van der Waals surface area contributed by atoms with Crippen LogP contribution in [0.15, 0.2) is 42.5 Å². The molecule has 0 saturated heterocycles. The molecule has 108 valence electrons. The maximum Gasteiger partial charge on any atom is 0.338 e. The second-order valence-corrected chi connectivity index (χ2v) is 4.28. The molecule has 0 heterocycles. The summed E-state index contributed by atoms with van der Waals surface area (Å²) < 4.78 is 13.6. The second-order valence-electron chi connectivity index (χ2n) is 4.28. The van der Waals surface area contributed by atoms with Crippen molar-refractivity contribution in [1.82, 2.24) is 0 Å². The van der Waals surface area contributed by atoms with Gasteiger partial charge in [0.05, 0.1) is 16.6 Å². The number of para-hydroxylation sites is 1. The molecule has 7 heteroatoms. The zero-order valence-corrected chi connectivity index (χ0v) is 11.0. The molecule has 2 aromatic carbocycles. The van der Waals surface area contributed by atoms with Gasteiger partial charge in [-0.15, -0.1) is 0 Å². The van der Waals surface area contributed by atoms with Gasteiger partial charge in [0.25, 0.3) is 5.69 Å². The van der Waals surface area contributed by atoms with Gasteiger partial charge in [-0.05, 0) is 18.2 Å². The van der Waals surface area contributed by atoms with E-state index in [0.717, 1.165) is 6.07 Å². The lowest BCUT2D eigenvalue weighted by Gasteiger charge is -2.19. The van der Waals surface area contributed by atoms with Crippen LogP contribution in [0.2, 0.25) is 0 Å². The van der Waals surface area contributed by atoms with Gasteiger partial charge >= 0.3 is 5.97 Å². The molecule has 0 aromatic heterocycles. The third-order valence-electron chi connectivity index (χ3n) is 3.00. The highest BCUT2D eigenvalue weighted by molar-refractivity contribution is 5.91. The predicted molar refractivity (Wildman–Crippen MR) is 74.5 cm³/mol. The lowest BCUT2D eigenvalue weighted by molar-refractivity contribution is -0.384. The summed E-state index contributed by atoms with van der Waals surface area (Å²) >= 11 is 0. The molecule has 6 nitrogen and oxygen atoms in total. The highest BCUT2D eigenvalue weighted by atomic mass is 19.1. The van der Waals surface area contributed by atoms with Crippen LogP contribution in [0, 0.1) is 15.9 Å². The SMILES string of the molecule is CN(c1ccccc1)c1cc(C(=O)O)c(F)cc1[N+](=O)[O-]. The Balaban J connectivity index is 2.62. The van der Waals surface area contributed by atoms with Crippen molar-refractivity contribution in [1.29, 1.82) is 0 Å². The number of rotatable bonds is 4. The maximum atomic E-state index is 13.6. The van der Waals surface area contributed by atoms with Crippen molar-refractivity contribution in [2.45, 2.75) is 0 Å². The van der Waals surface area contributed by atoms with E-state index in [9.17, 15) is 19.3 Å². The predicted octanol–water partition coefficient (Wildman–Crippen LogP) is 3.20. The Labute approximate surface area is 119 Å². The third kappa shape index (κ3) is 2.81. The lowest BCUT2D eigenvalue weighted by atomic mass is 10.1. The molecule has 2 rings (SSSR count). The van der Waals surface area contributed by atoms with E-state index in [1.54, 1.807) is 37.4 Å². The van der Waals surface area contributed by atoms with Crippen molar-refractivity contribution in [2.75, 3.05) is 11.9 Å². The molecule has 21 heavy (non-hydrogen) atoms. The Morgan fingerprint density at radius 1 is 1.29 bits per heavy atom. The molecule has 0 aliphatic rings. The van der Waals surface area contributed by atoms with Crippen LogP contribution in [0.1, 0.15) is 10.4 Å². The van der Waals surface area contributed by atoms with Gasteiger partial charge in [0.1, 0.15) is 11.5 Å². The number of hydrogen-bond donors (Lipinski definition) is 1. The Morgan fingerprint density at radius 3 is 2.43 bits per heavy atom. The molecule has 2 aromatic rings.